The fourth-order valence-corrected chi connectivity index (χ4v) is 7.22. The molecule has 1 aliphatic heterocycles. The van der Waals surface area contributed by atoms with Crippen LogP contribution in [0.25, 0.3) is 0 Å². The van der Waals surface area contributed by atoms with E-state index in [9.17, 15) is 22.0 Å². The van der Waals surface area contributed by atoms with Crippen molar-refractivity contribution in [1.29, 1.82) is 0 Å². The SMILES string of the molecule is CCOCC1CSC(C2CCC(C(F)(F)Oc3cc(F)c(F)c(F)c3)CC2)SC1. The molecule has 0 bridgehead atoms. The topological polar surface area (TPSA) is 18.5 Å². The van der Waals surface area contributed by atoms with Gasteiger partial charge in [-0.3, -0.25) is 0 Å². The molecule has 1 saturated heterocycles. The lowest BCUT2D eigenvalue weighted by Gasteiger charge is -2.38. The van der Waals surface area contributed by atoms with Crippen molar-refractivity contribution in [3.63, 3.8) is 0 Å². The van der Waals surface area contributed by atoms with Crippen LogP contribution in [-0.4, -0.2) is 35.4 Å². The van der Waals surface area contributed by atoms with Crippen LogP contribution in [0.2, 0.25) is 0 Å². The van der Waals surface area contributed by atoms with Crippen LogP contribution >= 0.6 is 23.5 Å². The molecule has 164 valence electrons. The molecule has 1 aromatic rings. The average Bonchev–Trinajstić information content (AvgIpc) is 2.70. The minimum Gasteiger partial charge on any atom is -0.432 e. The smallest absolute Gasteiger partial charge is 0.400 e. The van der Waals surface area contributed by atoms with Crippen molar-refractivity contribution in [2.45, 2.75) is 43.3 Å². The summed E-state index contributed by atoms with van der Waals surface area (Å²) in [7, 11) is 0. The fourth-order valence-electron chi connectivity index (χ4n) is 3.77. The molecule has 0 unspecified atom stereocenters. The Labute approximate surface area is 176 Å². The van der Waals surface area contributed by atoms with Crippen molar-refractivity contribution in [2.75, 3.05) is 24.7 Å². The second-order valence-corrected chi connectivity index (χ2v) is 10.2. The van der Waals surface area contributed by atoms with E-state index in [1.54, 1.807) is 0 Å². The van der Waals surface area contributed by atoms with E-state index in [2.05, 4.69) is 4.74 Å². The van der Waals surface area contributed by atoms with Crippen LogP contribution in [0.5, 0.6) is 5.75 Å². The standard InChI is InChI=1S/C20H25F5O2S2/c1-2-26-9-12-10-28-19(29-11-12)13-3-5-14(6-4-13)20(24,25)27-15-7-16(21)18(23)17(22)8-15/h7-8,12-14,19H,2-6,9-11H2,1H3. The van der Waals surface area contributed by atoms with Gasteiger partial charge < -0.3 is 9.47 Å². The summed E-state index contributed by atoms with van der Waals surface area (Å²) in [6, 6.07) is 0.901. The Morgan fingerprint density at radius 2 is 1.59 bits per heavy atom. The Hall–Kier alpha value is -0.670. The zero-order valence-corrected chi connectivity index (χ0v) is 17.8. The van der Waals surface area contributed by atoms with Crippen molar-refractivity contribution in [3.05, 3.63) is 29.6 Å². The van der Waals surface area contributed by atoms with Crippen LogP contribution < -0.4 is 4.74 Å². The minimum atomic E-state index is -3.56. The van der Waals surface area contributed by atoms with Crippen LogP contribution in [0.3, 0.4) is 0 Å². The highest BCUT2D eigenvalue weighted by Gasteiger charge is 2.45. The van der Waals surface area contributed by atoms with E-state index in [4.69, 9.17) is 4.74 Å². The summed E-state index contributed by atoms with van der Waals surface area (Å²) in [6.07, 6.45) is -1.67. The Kier molecular flexibility index (Phi) is 8.00. The number of ether oxygens (including phenoxy) is 2. The van der Waals surface area contributed by atoms with Crippen LogP contribution in [0.1, 0.15) is 32.6 Å². The van der Waals surface area contributed by atoms with Gasteiger partial charge in [-0.15, -0.1) is 23.5 Å². The number of hydrogen-bond acceptors (Lipinski definition) is 4. The van der Waals surface area contributed by atoms with Gasteiger partial charge in [0.2, 0.25) is 0 Å². The predicted molar refractivity (Wildman–Crippen MR) is 106 cm³/mol. The normalized spacial score (nSPS) is 28.3. The van der Waals surface area contributed by atoms with Crippen molar-refractivity contribution in [2.24, 2.45) is 17.8 Å². The van der Waals surface area contributed by atoms with E-state index in [0.29, 0.717) is 48.0 Å². The van der Waals surface area contributed by atoms with Gasteiger partial charge in [-0.05, 0) is 38.5 Å². The first-order valence-electron chi connectivity index (χ1n) is 9.82. The number of thioether (sulfide) groups is 2. The lowest BCUT2D eigenvalue weighted by molar-refractivity contribution is -0.223. The van der Waals surface area contributed by atoms with Gasteiger partial charge in [-0.2, -0.15) is 8.78 Å². The first-order chi connectivity index (χ1) is 13.8. The quantitative estimate of drug-likeness (QED) is 0.352. The molecule has 0 N–H and O–H groups in total. The van der Waals surface area contributed by atoms with E-state index < -0.39 is 35.2 Å². The van der Waals surface area contributed by atoms with E-state index in [1.807, 2.05) is 30.4 Å². The molecule has 0 amide bonds. The first kappa shape index (κ1) is 23.0. The maximum absolute atomic E-state index is 14.5. The van der Waals surface area contributed by atoms with Gasteiger partial charge >= 0.3 is 6.11 Å². The highest BCUT2D eigenvalue weighted by atomic mass is 32.2. The zero-order chi connectivity index (χ0) is 21.0. The number of halogens is 5. The third kappa shape index (κ3) is 5.94. The molecule has 2 aliphatic rings. The highest BCUT2D eigenvalue weighted by molar-refractivity contribution is 8.17. The molecule has 3 rings (SSSR count). The average molecular weight is 457 g/mol. The predicted octanol–water partition coefficient (Wildman–Crippen LogP) is 6.34. The molecule has 0 radical (unpaired) electrons. The Morgan fingerprint density at radius 1 is 1.00 bits per heavy atom. The molecular formula is C20H25F5O2S2. The molecule has 0 atom stereocenters. The van der Waals surface area contributed by atoms with Crippen LogP contribution in [0.4, 0.5) is 22.0 Å². The zero-order valence-electron chi connectivity index (χ0n) is 16.1. The molecule has 9 heteroatoms. The number of benzene rings is 1. The summed E-state index contributed by atoms with van der Waals surface area (Å²) >= 11 is 3.78. The van der Waals surface area contributed by atoms with E-state index >= 15 is 0 Å². The molecule has 0 spiro atoms. The Balaban J connectivity index is 1.49. The first-order valence-corrected chi connectivity index (χ1v) is 11.9. The molecular weight excluding hydrogens is 431 g/mol. The van der Waals surface area contributed by atoms with Crippen molar-refractivity contribution in [3.8, 4) is 5.75 Å². The van der Waals surface area contributed by atoms with Crippen molar-refractivity contribution < 1.29 is 31.4 Å². The molecule has 0 aromatic heterocycles. The molecule has 1 saturated carbocycles. The van der Waals surface area contributed by atoms with E-state index in [0.717, 1.165) is 18.1 Å². The molecule has 29 heavy (non-hydrogen) atoms. The Bertz CT molecular complexity index is 652. The molecule has 1 heterocycles. The lowest BCUT2D eigenvalue weighted by atomic mass is 9.82. The number of alkyl halides is 2. The van der Waals surface area contributed by atoms with Crippen molar-refractivity contribution >= 4 is 23.5 Å². The lowest BCUT2D eigenvalue weighted by Crippen LogP contribution is -2.38. The van der Waals surface area contributed by atoms with Gasteiger partial charge in [0.25, 0.3) is 0 Å². The third-order valence-corrected chi connectivity index (χ3v) is 8.96. The van der Waals surface area contributed by atoms with E-state index in [1.165, 1.54) is 0 Å². The largest absolute Gasteiger partial charge is 0.432 e. The molecule has 1 aliphatic carbocycles. The monoisotopic (exact) mass is 456 g/mol. The fraction of sp³-hybridized carbons (Fsp3) is 0.700. The maximum atomic E-state index is 14.5. The summed E-state index contributed by atoms with van der Waals surface area (Å²) in [5.74, 6) is -3.57. The summed E-state index contributed by atoms with van der Waals surface area (Å²) < 4.78 is 79.0. The second kappa shape index (κ2) is 10.1. The van der Waals surface area contributed by atoms with Gasteiger partial charge in [-0.25, -0.2) is 13.2 Å². The van der Waals surface area contributed by atoms with Crippen LogP contribution in [0.15, 0.2) is 12.1 Å². The summed E-state index contributed by atoms with van der Waals surface area (Å²) in [6.45, 7) is 3.46. The number of hydrogen-bond donors (Lipinski definition) is 0. The maximum Gasteiger partial charge on any atom is 0.400 e. The van der Waals surface area contributed by atoms with Crippen molar-refractivity contribution in [1.82, 2.24) is 0 Å². The van der Waals surface area contributed by atoms with E-state index in [-0.39, 0.29) is 12.8 Å². The van der Waals surface area contributed by atoms with Gasteiger partial charge in [0.1, 0.15) is 5.75 Å². The summed E-state index contributed by atoms with van der Waals surface area (Å²) in [5.41, 5.74) is 0. The van der Waals surface area contributed by atoms with Gasteiger partial charge in [-0.1, -0.05) is 0 Å². The highest BCUT2D eigenvalue weighted by Crippen LogP contribution is 2.47. The summed E-state index contributed by atoms with van der Waals surface area (Å²) in [5, 5.41) is 0. The number of rotatable bonds is 7. The van der Waals surface area contributed by atoms with Crippen LogP contribution in [-0.2, 0) is 4.74 Å². The molecule has 2 nitrogen and oxygen atoms in total. The van der Waals surface area contributed by atoms with Gasteiger partial charge in [0.05, 0.1) is 17.1 Å². The molecule has 1 aromatic carbocycles. The molecule has 2 fully saturated rings. The van der Waals surface area contributed by atoms with Gasteiger partial charge in [0.15, 0.2) is 17.5 Å². The van der Waals surface area contributed by atoms with Crippen LogP contribution in [0, 0.1) is 35.2 Å². The minimum absolute atomic E-state index is 0.282. The Morgan fingerprint density at radius 3 is 2.14 bits per heavy atom. The third-order valence-electron chi connectivity index (χ3n) is 5.39. The second-order valence-electron chi connectivity index (χ2n) is 7.54. The summed E-state index contributed by atoms with van der Waals surface area (Å²) in [4.78, 5) is 0. The van der Waals surface area contributed by atoms with Gasteiger partial charge in [0, 0.05) is 36.2 Å².